The summed E-state index contributed by atoms with van der Waals surface area (Å²) in [6.07, 6.45) is 0. The first-order valence-corrected chi connectivity index (χ1v) is 6.25. The van der Waals surface area contributed by atoms with Gasteiger partial charge in [0.1, 0.15) is 5.75 Å². The lowest BCUT2D eigenvalue weighted by Crippen LogP contribution is -2.43. The van der Waals surface area contributed by atoms with Gasteiger partial charge in [-0.2, -0.15) is 0 Å². The van der Waals surface area contributed by atoms with Gasteiger partial charge in [0, 0.05) is 19.6 Å². The number of morpholine rings is 1. The summed E-state index contributed by atoms with van der Waals surface area (Å²) in [4.78, 5) is 13.8. The Morgan fingerprint density at radius 2 is 2.21 bits per heavy atom. The maximum atomic E-state index is 12.1. The fourth-order valence-electron chi connectivity index (χ4n) is 1.93. The number of rotatable bonds is 3. The Kier molecular flexibility index (Phi) is 4.59. The minimum absolute atomic E-state index is 0.137. The zero-order valence-electron chi connectivity index (χ0n) is 11.0. The molecule has 6 nitrogen and oxygen atoms in total. The van der Waals surface area contributed by atoms with Crippen molar-refractivity contribution < 1.29 is 14.3 Å². The second-order valence-corrected chi connectivity index (χ2v) is 4.27. The molecule has 0 spiro atoms. The smallest absolute Gasteiger partial charge is 0.322 e. The third kappa shape index (κ3) is 3.36. The summed E-state index contributed by atoms with van der Waals surface area (Å²) >= 11 is 0. The van der Waals surface area contributed by atoms with Crippen LogP contribution >= 0.6 is 0 Å². The molecule has 1 saturated heterocycles. The largest absolute Gasteiger partial charge is 0.495 e. The Hall–Kier alpha value is -1.79. The third-order valence-corrected chi connectivity index (χ3v) is 3.04. The van der Waals surface area contributed by atoms with Crippen molar-refractivity contribution in [3.05, 3.63) is 23.8 Å². The molecule has 0 saturated carbocycles. The maximum Gasteiger partial charge on any atom is 0.322 e. The first kappa shape index (κ1) is 13.6. The summed E-state index contributed by atoms with van der Waals surface area (Å²) in [7, 11) is 1.57. The minimum Gasteiger partial charge on any atom is -0.495 e. The number of carbonyl (C=O) groups is 1. The van der Waals surface area contributed by atoms with Gasteiger partial charge in [0.15, 0.2) is 0 Å². The van der Waals surface area contributed by atoms with E-state index in [4.69, 9.17) is 15.2 Å². The second kappa shape index (κ2) is 6.40. The summed E-state index contributed by atoms with van der Waals surface area (Å²) < 4.78 is 10.5. The molecule has 3 N–H and O–H groups in total. The van der Waals surface area contributed by atoms with E-state index in [-0.39, 0.29) is 6.03 Å². The monoisotopic (exact) mass is 265 g/mol. The van der Waals surface area contributed by atoms with Gasteiger partial charge < -0.3 is 25.4 Å². The number of methoxy groups -OCH3 is 1. The van der Waals surface area contributed by atoms with Gasteiger partial charge in [-0.3, -0.25) is 0 Å². The molecular formula is C13H19N3O3. The molecule has 2 amide bonds. The number of ether oxygens (including phenoxy) is 2. The lowest BCUT2D eigenvalue weighted by Gasteiger charge is -2.27. The zero-order valence-corrected chi connectivity index (χ0v) is 11.0. The Morgan fingerprint density at radius 1 is 1.47 bits per heavy atom. The van der Waals surface area contributed by atoms with Gasteiger partial charge >= 0.3 is 6.03 Å². The van der Waals surface area contributed by atoms with Crippen LogP contribution in [0, 0.1) is 0 Å². The van der Waals surface area contributed by atoms with Gasteiger partial charge in [-0.25, -0.2) is 4.79 Å². The van der Waals surface area contributed by atoms with Crippen LogP contribution in [0.15, 0.2) is 18.2 Å². The quantitative estimate of drug-likeness (QED) is 0.855. The van der Waals surface area contributed by atoms with Crippen LogP contribution in [0.1, 0.15) is 5.56 Å². The van der Waals surface area contributed by atoms with E-state index in [1.165, 1.54) is 0 Å². The molecular weight excluding hydrogens is 246 g/mol. The van der Waals surface area contributed by atoms with E-state index in [2.05, 4.69) is 5.32 Å². The molecule has 19 heavy (non-hydrogen) atoms. The molecule has 0 radical (unpaired) electrons. The van der Waals surface area contributed by atoms with E-state index in [9.17, 15) is 4.79 Å². The molecule has 104 valence electrons. The molecule has 0 aromatic heterocycles. The number of anilines is 1. The number of carbonyl (C=O) groups excluding carboxylic acids is 1. The lowest BCUT2D eigenvalue weighted by molar-refractivity contribution is 0.0564. The van der Waals surface area contributed by atoms with Crippen LogP contribution in [0.25, 0.3) is 0 Å². The fraction of sp³-hybridized carbons (Fsp3) is 0.462. The molecule has 0 aliphatic carbocycles. The molecule has 1 heterocycles. The van der Waals surface area contributed by atoms with E-state index in [1.807, 2.05) is 12.1 Å². The van der Waals surface area contributed by atoms with Crippen LogP contribution in [0.3, 0.4) is 0 Å². The maximum absolute atomic E-state index is 12.1. The van der Waals surface area contributed by atoms with Crippen LogP contribution in [0.4, 0.5) is 10.5 Å². The van der Waals surface area contributed by atoms with E-state index in [0.29, 0.717) is 44.3 Å². The van der Waals surface area contributed by atoms with Gasteiger partial charge in [0.05, 0.1) is 26.0 Å². The summed E-state index contributed by atoms with van der Waals surface area (Å²) in [6.45, 7) is 2.81. The van der Waals surface area contributed by atoms with Crippen molar-refractivity contribution in [2.75, 3.05) is 38.7 Å². The van der Waals surface area contributed by atoms with Crippen molar-refractivity contribution in [3.8, 4) is 5.75 Å². The number of nitrogens with two attached hydrogens (primary N) is 1. The van der Waals surface area contributed by atoms with Gasteiger partial charge in [0.2, 0.25) is 0 Å². The molecule has 6 heteroatoms. The Bertz CT molecular complexity index is 445. The van der Waals surface area contributed by atoms with Gasteiger partial charge in [0.25, 0.3) is 0 Å². The lowest BCUT2D eigenvalue weighted by atomic mass is 10.2. The molecule has 1 aliphatic heterocycles. The first-order chi connectivity index (χ1) is 9.24. The zero-order chi connectivity index (χ0) is 13.7. The average Bonchev–Trinajstić information content (AvgIpc) is 2.48. The normalized spacial score (nSPS) is 15.2. The van der Waals surface area contributed by atoms with E-state index in [1.54, 1.807) is 18.1 Å². The molecule has 1 aliphatic rings. The first-order valence-electron chi connectivity index (χ1n) is 6.25. The van der Waals surface area contributed by atoms with Crippen molar-refractivity contribution in [3.63, 3.8) is 0 Å². The summed E-state index contributed by atoms with van der Waals surface area (Å²) in [5, 5.41) is 2.85. The third-order valence-electron chi connectivity index (χ3n) is 3.04. The van der Waals surface area contributed by atoms with Crippen LogP contribution in [0.5, 0.6) is 5.75 Å². The van der Waals surface area contributed by atoms with Gasteiger partial charge in [-0.1, -0.05) is 6.07 Å². The van der Waals surface area contributed by atoms with Crippen LogP contribution in [-0.2, 0) is 11.3 Å². The molecule has 2 rings (SSSR count). The summed E-state index contributed by atoms with van der Waals surface area (Å²) in [5.41, 5.74) is 7.19. The molecule has 1 fully saturated rings. The van der Waals surface area contributed by atoms with E-state index in [0.717, 1.165) is 5.56 Å². The number of amides is 2. The minimum atomic E-state index is -0.137. The summed E-state index contributed by atoms with van der Waals surface area (Å²) in [5.74, 6) is 0.615. The molecule has 0 unspecified atom stereocenters. The predicted molar refractivity (Wildman–Crippen MR) is 72.3 cm³/mol. The second-order valence-electron chi connectivity index (χ2n) is 4.27. The highest BCUT2D eigenvalue weighted by Gasteiger charge is 2.18. The number of nitrogens with one attached hydrogen (secondary N) is 1. The van der Waals surface area contributed by atoms with Gasteiger partial charge in [-0.05, 0) is 17.7 Å². The summed E-state index contributed by atoms with van der Waals surface area (Å²) in [6, 6.07) is 5.37. The number of benzene rings is 1. The van der Waals surface area contributed by atoms with Gasteiger partial charge in [-0.15, -0.1) is 0 Å². The Morgan fingerprint density at radius 3 is 2.84 bits per heavy atom. The van der Waals surface area contributed by atoms with E-state index < -0.39 is 0 Å². The number of urea groups is 1. The molecule has 0 bridgehead atoms. The fourth-order valence-corrected chi connectivity index (χ4v) is 1.93. The van der Waals surface area contributed by atoms with Crippen molar-refractivity contribution in [1.29, 1.82) is 0 Å². The highest BCUT2D eigenvalue weighted by Crippen LogP contribution is 2.25. The number of nitrogens with zero attached hydrogens (tertiary/aromatic N) is 1. The average molecular weight is 265 g/mol. The molecule has 1 aromatic rings. The Labute approximate surface area is 112 Å². The predicted octanol–water partition coefficient (Wildman–Crippen LogP) is 1.02. The van der Waals surface area contributed by atoms with Crippen molar-refractivity contribution in [2.45, 2.75) is 6.54 Å². The number of hydrogen-bond donors (Lipinski definition) is 2. The van der Waals surface area contributed by atoms with Crippen molar-refractivity contribution in [1.82, 2.24) is 4.90 Å². The number of hydrogen-bond acceptors (Lipinski definition) is 4. The standard InChI is InChI=1S/C13H19N3O3/c1-18-12-8-10(9-14)2-3-11(12)15-13(17)16-4-6-19-7-5-16/h2-3,8H,4-7,9,14H2,1H3,(H,15,17). The van der Waals surface area contributed by atoms with E-state index >= 15 is 0 Å². The Balaban J connectivity index is 2.07. The molecule has 1 aromatic carbocycles. The molecule has 0 atom stereocenters. The van der Waals surface area contributed by atoms with Crippen LogP contribution in [-0.4, -0.2) is 44.3 Å². The topological polar surface area (TPSA) is 76.8 Å². The SMILES string of the molecule is COc1cc(CN)ccc1NC(=O)N1CCOCC1. The highest BCUT2D eigenvalue weighted by atomic mass is 16.5. The van der Waals surface area contributed by atoms with Crippen molar-refractivity contribution >= 4 is 11.7 Å². The van der Waals surface area contributed by atoms with Crippen molar-refractivity contribution in [2.24, 2.45) is 5.73 Å². The van der Waals surface area contributed by atoms with Crippen LogP contribution in [0.2, 0.25) is 0 Å². The highest BCUT2D eigenvalue weighted by molar-refractivity contribution is 5.91. The van der Waals surface area contributed by atoms with Crippen LogP contribution < -0.4 is 15.8 Å².